The first-order valence-corrected chi connectivity index (χ1v) is 5.98. The molecule has 0 amide bonds. The van der Waals surface area contributed by atoms with Gasteiger partial charge >= 0.3 is 0 Å². The summed E-state index contributed by atoms with van der Waals surface area (Å²) in [5.74, 6) is 1.80. The van der Waals surface area contributed by atoms with E-state index in [1.807, 2.05) is 18.2 Å². The van der Waals surface area contributed by atoms with E-state index in [4.69, 9.17) is 24.0 Å². The third kappa shape index (κ3) is 2.09. The average Bonchev–Trinajstić information content (AvgIpc) is 3.07. The molecule has 0 spiro atoms. The quantitative estimate of drug-likeness (QED) is 0.779. The van der Waals surface area contributed by atoms with Crippen molar-refractivity contribution in [1.29, 1.82) is 0 Å². The van der Waals surface area contributed by atoms with Crippen LogP contribution in [0.3, 0.4) is 0 Å². The van der Waals surface area contributed by atoms with Gasteiger partial charge in [-0.15, -0.1) is 0 Å². The molecule has 2 radical (unpaired) electrons. The molecular formula is C12H10BClN2O. The van der Waals surface area contributed by atoms with Gasteiger partial charge in [0, 0.05) is 16.5 Å². The molecule has 0 bridgehead atoms. The van der Waals surface area contributed by atoms with Crippen LogP contribution in [-0.2, 0) is 6.32 Å². The van der Waals surface area contributed by atoms with Crippen molar-refractivity contribution >= 4 is 19.4 Å². The van der Waals surface area contributed by atoms with Gasteiger partial charge in [-0.25, -0.2) is 0 Å². The minimum Gasteiger partial charge on any atom is -0.339 e. The Hall–Kier alpha value is -1.29. The topological polar surface area (TPSA) is 38.9 Å². The zero-order valence-electron chi connectivity index (χ0n) is 9.19. The molecule has 1 aliphatic rings. The lowest BCUT2D eigenvalue weighted by molar-refractivity contribution is 0.380. The normalized spacial score (nSPS) is 15.1. The summed E-state index contributed by atoms with van der Waals surface area (Å²) < 4.78 is 5.21. The van der Waals surface area contributed by atoms with E-state index in [-0.39, 0.29) is 0 Å². The van der Waals surface area contributed by atoms with Crippen molar-refractivity contribution in [2.24, 2.45) is 0 Å². The summed E-state index contributed by atoms with van der Waals surface area (Å²) in [6, 6.07) is 5.63. The zero-order valence-corrected chi connectivity index (χ0v) is 9.94. The number of halogens is 1. The van der Waals surface area contributed by atoms with Crippen LogP contribution < -0.4 is 0 Å². The van der Waals surface area contributed by atoms with E-state index in [2.05, 4.69) is 10.1 Å². The first-order valence-electron chi connectivity index (χ1n) is 5.60. The fraction of sp³-hybridized carbons (Fsp3) is 0.333. The van der Waals surface area contributed by atoms with Crippen molar-refractivity contribution in [2.75, 3.05) is 0 Å². The minimum absolute atomic E-state index is 0.429. The van der Waals surface area contributed by atoms with Crippen LogP contribution >= 0.6 is 11.6 Å². The van der Waals surface area contributed by atoms with E-state index in [1.165, 1.54) is 0 Å². The predicted molar refractivity (Wildman–Crippen MR) is 66.2 cm³/mol. The summed E-state index contributed by atoms with van der Waals surface area (Å²) >= 11 is 6.09. The van der Waals surface area contributed by atoms with E-state index in [1.54, 1.807) is 0 Å². The molecule has 1 saturated carbocycles. The number of hydrogen-bond acceptors (Lipinski definition) is 3. The molecule has 0 aliphatic heterocycles. The summed E-state index contributed by atoms with van der Waals surface area (Å²) in [5, 5.41) is 4.61. The highest BCUT2D eigenvalue weighted by Crippen LogP contribution is 2.39. The Morgan fingerprint density at radius 3 is 2.88 bits per heavy atom. The molecule has 0 saturated heterocycles. The Bertz CT molecular complexity index is 551. The lowest BCUT2D eigenvalue weighted by atomic mass is 9.96. The van der Waals surface area contributed by atoms with Gasteiger partial charge < -0.3 is 4.52 Å². The third-order valence-corrected chi connectivity index (χ3v) is 3.25. The van der Waals surface area contributed by atoms with E-state index >= 15 is 0 Å². The Kier molecular flexibility index (Phi) is 2.67. The number of rotatable bonds is 3. The number of hydrogen-bond donors (Lipinski definition) is 0. The first-order chi connectivity index (χ1) is 8.28. The molecule has 84 valence electrons. The van der Waals surface area contributed by atoms with Crippen molar-refractivity contribution < 1.29 is 4.52 Å². The van der Waals surface area contributed by atoms with E-state index < -0.39 is 0 Å². The average molecular weight is 244 g/mol. The second kappa shape index (κ2) is 4.19. The number of nitrogens with zero attached hydrogens (tertiary/aromatic N) is 2. The van der Waals surface area contributed by atoms with E-state index in [0.717, 1.165) is 29.9 Å². The van der Waals surface area contributed by atoms with Crippen molar-refractivity contribution in [2.45, 2.75) is 25.1 Å². The third-order valence-electron chi connectivity index (χ3n) is 2.90. The largest absolute Gasteiger partial charge is 0.339 e. The van der Waals surface area contributed by atoms with Gasteiger partial charge in [-0.3, -0.25) is 0 Å². The molecule has 0 atom stereocenters. The van der Waals surface area contributed by atoms with Gasteiger partial charge in [-0.1, -0.05) is 35.2 Å². The van der Waals surface area contributed by atoms with E-state index in [0.29, 0.717) is 23.1 Å². The van der Waals surface area contributed by atoms with Gasteiger partial charge in [-0.2, -0.15) is 4.98 Å². The molecule has 0 unspecified atom stereocenters. The van der Waals surface area contributed by atoms with Crippen LogP contribution in [0, 0.1) is 0 Å². The monoisotopic (exact) mass is 244 g/mol. The molecule has 1 aromatic carbocycles. The highest BCUT2D eigenvalue weighted by molar-refractivity contribution is 6.32. The lowest BCUT2D eigenvalue weighted by Gasteiger charge is -2.01. The molecule has 1 aromatic heterocycles. The molecule has 1 aliphatic carbocycles. The predicted octanol–water partition coefficient (Wildman–Crippen LogP) is 2.94. The SMILES string of the molecule is [B]Cc1ccc(-c2noc(C3CC3)n2)cc1Cl. The summed E-state index contributed by atoms with van der Waals surface area (Å²) in [4.78, 5) is 4.37. The van der Waals surface area contributed by atoms with Crippen LogP contribution in [0.25, 0.3) is 11.4 Å². The molecular weight excluding hydrogens is 234 g/mol. The first kappa shape index (κ1) is 10.8. The second-order valence-electron chi connectivity index (χ2n) is 4.24. The maximum absolute atomic E-state index is 6.09. The fourth-order valence-electron chi connectivity index (χ4n) is 1.70. The van der Waals surface area contributed by atoms with Gasteiger partial charge in [0.25, 0.3) is 0 Å². The Balaban J connectivity index is 1.93. The molecule has 2 aromatic rings. The molecule has 1 heterocycles. The maximum Gasteiger partial charge on any atom is 0.230 e. The maximum atomic E-state index is 6.09. The molecule has 17 heavy (non-hydrogen) atoms. The van der Waals surface area contributed by atoms with Crippen molar-refractivity contribution in [3.05, 3.63) is 34.7 Å². The highest BCUT2D eigenvalue weighted by Gasteiger charge is 2.29. The summed E-state index contributed by atoms with van der Waals surface area (Å²) in [7, 11) is 5.56. The van der Waals surface area contributed by atoms with Crippen molar-refractivity contribution in [1.82, 2.24) is 10.1 Å². The van der Waals surface area contributed by atoms with Crippen LogP contribution in [0.1, 0.15) is 30.2 Å². The standard InChI is InChI=1S/C12H10BClN2O/c13-6-9-4-3-8(5-10(9)14)11-15-12(17-16-11)7-1-2-7/h3-5,7H,1-2,6H2. The zero-order chi connectivity index (χ0) is 11.8. The molecule has 0 N–H and O–H groups in total. The summed E-state index contributed by atoms with van der Waals surface area (Å²) in [6.45, 7) is 0. The molecule has 3 nitrogen and oxygen atoms in total. The molecule has 3 rings (SSSR count). The van der Waals surface area contributed by atoms with E-state index in [9.17, 15) is 0 Å². The lowest BCUT2D eigenvalue weighted by Crippen LogP contribution is -1.88. The smallest absolute Gasteiger partial charge is 0.230 e. The minimum atomic E-state index is 0.429. The van der Waals surface area contributed by atoms with Gasteiger partial charge in [-0.05, 0) is 24.5 Å². The Morgan fingerprint density at radius 2 is 2.24 bits per heavy atom. The van der Waals surface area contributed by atoms with Crippen LogP contribution in [-0.4, -0.2) is 18.0 Å². The van der Waals surface area contributed by atoms with Gasteiger partial charge in [0.05, 0.1) is 7.85 Å². The summed E-state index contributed by atoms with van der Waals surface area (Å²) in [6.07, 6.45) is 2.72. The second-order valence-corrected chi connectivity index (χ2v) is 4.65. The van der Waals surface area contributed by atoms with Gasteiger partial charge in [0.2, 0.25) is 11.7 Å². The van der Waals surface area contributed by atoms with Crippen LogP contribution in [0.15, 0.2) is 22.7 Å². The van der Waals surface area contributed by atoms with Crippen molar-refractivity contribution in [3.8, 4) is 11.4 Å². The van der Waals surface area contributed by atoms with Crippen LogP contribution in [0.2, 0.25) is 5.02 Å². The van der Waals surface area contributed by atoms with Gasteiger partial charge in [0.15, 0.2) is 0 Å². The molecule has 1 fully saturated rings. The summed E-state index contributed by atoms with van der Waals surface area (Å²) in [5.41, 5.74) is 1.78. The number of benzene rings is 1. The Morgan fingerprint density at radius 1 is 1.41 bits per heavy atom. The van der Waals surface area contributed by atoms with Crippen molar-refractivity contribution in [3.63, 3.8) is 0 Å². The number of aromatic nitrogens is 2. The molecule has 5 heteroatoms. The van der Waals surface area contributed by atoms with Gasteiger partial charge in [0.1, 0.15) is 0 Å². The Labute approximate surface area is 106 Å². The van der Waals surface area contributed by atoms with Crippen LogP contribution in [0.5, 0.6) is 0 Å². The highest BCUT2D eigenvalue weighted by atomic mass is 35.5. The van der Waals surface area contributed by atoms with Crippen LogP contribution in [0.4, 0.5) is 0 Å². The fourth-order valence-corrected chi connectivity index (χ4v) is 1.96.